The first-order valence-electron chi connectivity index (χ1n) is 12.8. The smallest absolute Gasteiger partial charge is 0.466 e. The van der Waals surface area contributed by atoms with Crippen LogP contribution in [-0.4, -0.2) is 52.8 Å². The van der Waals surface area contributed by atoms with Gasteiger partial charge in [-0.05, 0) is 38.8 Å². The number of piperidine rings is 1. The Hall–Kier alpha value is -2.43. The van der Waals surface area contributed by atoms with E-state index in [1.165, 1.54) is 11.3 Å². The highest BCUT2D eigenvalue weighted by Gasteiger charge is 2.42. The van der Waals surface area contributed by atoms with Crippen LogP contribution in [0.25, 0.3) is 11.3 Å². The highest BCUT2D eigenvalue weighted by Crippen LogP contribution is 2.47. The molecule has 43 heavy (non-hydrogen) atoms. The van der Waals surface area contributed by atoms with Crippen molar-refractivity contribution in [1.29, 1.82) is 0 Å². The fraction of sp³-hybridized carbons (Fsp3) is 0.462. The van der Waals surface area contributed by atoms with Crippen molar-refractivity contribution in [2.75, 3.05) is 19.7 Å². The lowest BCUT2D eigenvalue weighted by molar-refractivity contribution is -0.276. The van der Waals surface area contributed by atoms with Crippen LogP contribution in [0.1, 0.15) is 51.8 Å². The number of hydrogen-bond acceptors (Lipinski definition) is 8. The van der Waals surface area contributed by atoms with Crippen molar-refractivity contribution in [2.24, 2.45) is 0 Å². The number of nitrogens with zero attached hydrogens (tertiary/aromatic N) is 3. The first-order chi connectivity index (χ1) is 20.1. The molecule has 0 N–H and O–H groups in total. The maximum absolute atomic E-state index is 13.5. The topological polar surface area (TPSA) is 81.6 Å². The third kappa shape index (κ3) is 8.39. The number of aryl methyl sites for hydroxylation is 1. The van der Waals surface area contributed by atoms with Crippen molar-refractivity contribution in [3.8, 4) is 17.0 Å². The molecule has 0 unspecified atom stereocenters. The van der Waals surface area contributed by atoms with Gasteiger partial charge in [-0.25, -0.2) is 9.97 Å². The average Bonchev–Trinajstić information content (AvgIpc) is 3.43. The standard InChI is InChI=1S/C26H23BrClF6N3O4S2/c1-3-40-20(39)10-17-12(2)35-18(42-17)11-19(38)37-6-4-13(5-7-37)24-36-22(23(28)43-24)14-8-15(27)21(25(29,30)31)16(9-14)41-26(32,33)34/h8-9,13H,3-7,10-11H2,1-2H3. The number of rotatable bonds is 8. The summed E-state index contributed by atoms with van der Waals surface area (Å²) >= 11 is 11.4. The number of thiazole rings is 2. The number of carbonyl (C=O) groups is 2. The van der Waals surface area contributed by atoms with Crippen LogP contribution >= 0.6 is 50.2 Å². The van der Waals surface area contributed by atoms with Gasteiger partial charge in [-0.1, -0.05) is 27.5 Å². The van der Waals surface area contributed by atoms with Crippen molar-refractivity contribution in [3.05, 3.63) is 47.1 Å². The number of amides is 1. The average molecular weight is 735 g/mol. The molecule has 0 atom stereocenters. The van der Waals surface area contributed by atoms with Crippen LogP contribution in [0.4, 0.5) is 26.3 Å². The molecule has 1 aliphatic rings. The highest BCUT2D eigenvalue weighted by atomic mass is 79.9. The third-order valence-electron chi connectivity index (χ3n) is 6.49. The van der Waals surface area contributed by atoms with Gasteiger partial charge in [-0.3, -0.25) is 9.59 Å². The molecule has 17 heteroatoms. The fourth-order valence-electron chi connectivity index (χ4n) is 4.56. The Morgan fingerprint density at radius 2 is 1.77 bits per heavy atom. The molecule has 1 aromatic carbocycles. The summed E-state index contributed by atoms with van der Waals surface area (Å²) in [7, 11) is 0. The zero-order valence-electron chi connectivity index (χ0n) is 22.5. The number of alkyl halides is 6. The molecule has 0 radical (unpaired) electrons. The second-order valence-corrected chi connectivity index (χ2v) is 13.1. The summed E-state index contributed by atoms with van der Waals surface area (Å²) in [4.78, 5) is 36.1. The van der Waals surface area contributed by atoms with Crippen molar-refractivity contribution < 1.29 is 45.4 Å². The largest absolute Gasteiger partial charge is 0.573 e. The molecular weight excluding hydrogens is 712 g/mol. The molecule has 3 aromatic rings. The van der Waals surface area contributed by atoms with Crippen LogP contribution in [0.3, 0.4) is 0 Å². The molecule has 7 nitrogen and oxygen atoms in total. The summed E-state index contributed by atoms with van der Waals surface area (Å²) in [5.41, 5.74) is -0.992. The Balaban J connectivity index is 1.44. The number of aromatic nitrogens is 2. The predicted octanol–water partition coefficient (Wildman–Crippen LogP) is 7.96. The van der Waals surface area contributed by atoms with Gasteiger partial charge in [0.2, 0.25) is 5.91 Å². The van der Waals surface area contributed by atoms with E-state index in [4.69, 9.17) is 16.3 Å². The SMILES string of the molecule is CCOC(=O)Cc1sc(CC(=O)N2CCC(c3nc(-c4cc(Br)c(C(F)(F)F)c(OC(F)(F)F)c4)c(Cl)s3)CC2)nc1C. The van der Waals surface area contributed by atoms with E-state index >= 15 is 0 Å². The van der Waals surface area contributed by atoms with Crippen LogP contribution in [0.15, 0.2) is 16.6 Å². The summed E-state index contributed by atoms with van der Waals surface area (Å²) in [6.07, 6.45) is -9.25. The van der Waals surface area contributed by atoms with Gasteiger partial charge in [-0.15, -0.1) is 35.8 Å². The van der Waals surface area contributed by atoms with Gasteiger partial charge < -0.3 is 14.4 Å². The van der Waals surface area contributed by atoms with Crippen LogP contribution < -0.4 is 4.74 Å². The highest BCUT2D eigenvalue weighted by molar-refractivity contribution is 9.10. The molecule has 4 rings (SSSR count). The third-order valence-corrected chi connectivity index (χ3v) is 9.69. The van der Waals surface area contributed by atoms with Gasteiger partial charge in [0.15, 0.2) is 0 Å². The minimum atomic E-state index is -5.36. The van der Waals surface area contributed by atoms with E-state index in [9.17, 15) is 35.9 Å². The second kappa shape index (κ2) is 13.3. The van der Waals surface area contributed by atoms with Crippen molar-refractivity contribution in [3.63, 3.8) is 0 Å². The molecule has 3 heterocycles. The lowest BCUT2D eigenvalue weighted by Crippen LogP contribution is -2.38. The van der Waals surface area contributed by atoms with Gasteiger partial charge in [0.1, 0.15) is 26.4 Å². The number of hydrogen-bond donors (Lipinski definition) is 0. The first-order valence-corrected chi connectivity index (χ1v) is 15.6. The van der Waals surface area contributed by atoms with E-state index in [0.29, 0.717) is 47.7 Å². The van der Waals surface area contributed by atoms with Gasteiger partial charge in [-0.2, -0.15) is 13.2 Å². The fourth-order valence-corrected chi connectivity index (χ4v) is 7.64. The molecule has 0 aliphatic carbocycles. The monoisotopic (exact) mass is 733 g/mol. The summed E-state index contributed by atoms with van der Waals surface area (Å²) in [5.74, 6) is -2.03. The van der Waals surface area contributed by atoms with E-state index in [1.54, 1.807) is 18.7 Å². The van der Waals surface area contributed by atoms with Crippen LogP contribution in [0.5, 0.6) is 5.75 Å². The van der Waals surface area contributed by atoms with Crippen molar-refractivity contribution in [1.82, 2.24) is 14.9 Å². The lowest BCUT2D eigenvalue weighted by atomic mass is 9.97. The number of carbonyl (C=O) groups excluding carboxylic acids is 2. The minimum absolute atomic E-state index is 0.0272. The van der Waals surface area contributed by atoms with E-state index in [2.05, 4.69) is 30.6 Å². The molecule has 1 saturated heterocycles. The number of benzene rings is 1. The van der Waals surface area contributed by atoms with Crippen LogP contribution in [-0.2, 0) is 33.3 Å². The quantitative estimate of drug-likeness (QED) is 0.173. The molecule has 1 amide bonds. The first kappa shape index (κ1) is 33.5. The minimum Gasteiger partial charge on any atom is -0.466 e. The Labute approximate surface area is 263 Å². The summed E-state index contributed by atoms with van der Waals surface area (Å²) in [6.45, 7) is 4.58. The van der Waals surface area contributed by atoms with E-state index in [1.807, 2.05) is 0 Å². The molecule has 2 aromatic heterocycles. The van der Waals surface area contributed by atoms with Gasteiger partial charge in [0.25, 0.3) is 0 Å². The maximum atomic E-state index is 13.5. The molecule has 0 bridgehead atoms. The zero-order chi connectivity index (χ0) is 31.7. The van der Waals surface area contributed by atoms with Gasteiger partial charge in [0.05, 0.1) is 30.2 Å². The normalized spacial score (nSPS) is 14.7. The molecule has 1 aliphatic heterocycles. The van der Waals surface area contributed by atoms with Crippen LogP contribution in [0.2, 0.25) is 4.34 Å². The Bertz CT molecular complexity index is 1500. The Morgan fingerprint density at radius 1 is 1.09 bits per heavy atom. The summed E-state index contributed by atoms with van der Waals surface area (Å²) in [5, 5.41) is 1.15. The van der Waals surface area contributed by atoms with E-state index in [0.717, 1.165) is 22.3 Å². The van der Waals surface area contributed by atoms with Crippen molar-refractivity contribution >= 4 is 62.1 Å². The number of halogens is 8. The predicted molar refractivity (Wildman–Crippen MR) is 151 cm³/mol. The Morgan fingerprint density at radius 3 is 2.37 bits per heavy atom. The van der Waals surface area contributed by atoms with E-state index in [-0.39, 0.29) is 52.8 Å². The summed E-state index contributed by atoms with van der Waals surface area (Å²) in [6, 6.07) is 1.61. The van der Waals surface area contributed by atoms with Gasteiger partial charge >= 0.3 is 18.5 Å². The number of esters is 1. The molecule has 0 spiro atoms. The van der Waals surface area contributed by atoms with Gasteiger partial charge in [0, 0.05) is 33.9 Å². The molecule has 234 valence electrons. The second-order valence-electron chi connectivity index (χ2n) is 9.48. The van der Waals surface area contributed by atoms with Crippen LogP contribution in [0, 0.1) is 6.92 Å². The summed E-state index contributed by atoms with van der Waals surface area (Å²) < 4.78 is 87.3. The Kier molecular flexibility index (Phi) is 10.3. The van der Waals surface area contributed by atoms with E-state index < -0.39 is 28.3 Å². The number of likely N-dealkylation sites (tertiary alicyclic amines) is 1. The zero-order valence-corrected chi connectivity index (χ0v) is 26.5. The lowest BCUT2D eigenvalue weighted by Gasteiger charge is -2.31. The molecular formula is C26H23BrClF6N3O4S2. The number of ether oxygens (including phenoxy) is 2. The molecule has 0 saturated carbocycles. The maximum Gasteiger partial charge on any atom is 0.573 e. The molecule has 1 fully saturated rings. The van der Waals surface area contributed by atoms with Crippen molar-refractivity contribution in [2.45, 2.75) is 58.0 Å².